The van der Waals surface area contributed by atoms with Gasteiger partial charge >= 0.3 is 6.36 Å². The second kappa shape index (κ2) is 3.93. The van der Waals surface area contributed by atoms with Crippen LogP contribution < -0.4 is 4.74 Å². The zero-order valence-electron chi connectivity index (χ0n) is 7.75. The highest BCUT2D eigenvalue weighted by molar-refractivity contribution is 9.10. The quantitative estimate of drug-likeness (QED) is 0.795. The minimum Gasteiger partial charge on any atom is -0.403 e. The van der Waals surface area contributed by atoms with Crippen LogP contribution in [0.4, 0.5) is 13.2 Å². The standard InChI is InChI=1S/C10H5BrF3NO/c11-7-1-2-8-6(3-7)4-15-5-9(8)16-10(12,13)14/h1-5H. The summed E-state index contributed by atoms with van der Waals surface area (Å²) in [4.78, 5) is 3.69. The second-order valence-electron chi connectivity index (χ2n) is 3.05. The van der Waals surface area contributed by atoms with Crippen molar-refractivity contribution in [3.05, 3.63) is 35.1 Å². The van der Waals surface area contributed by atoms with Crippen LogP contribution in [-0.2, 0) is 0 Å². The number of halogens is 4. The Morgan fingerprint density at radius 2 is 1.94 bits per heavy atom. The summed E-state index contributed by atoms with van der Waals surface area (Å²) in [5.41, 5.74) is 0. The zero-order valence-corrected chi connectivity index (χ0v) is 9.34. The molecule has 0 radical (unpaired) electrons. The number of rotatable bonds is 1. The maximum absolute atomic E-state index is 12.1. The van der Waals surface area contributed by atoms with Crippen molar-refractivity contribution in [2.75, 3.05) is 0 Å². The number of alkyl halides is 3. The first-order chi connectivity index (χ1) is 7.46. The molecule has 84 valence electrons. The van der Waals surface area contributed by atoms with E-state index >= 15 is 0 Å². The van der Waals surface area contributed by atoms with Crippen molar-refractivity contribution in [2.45, 2.75) is 6.36 Å². The van der Waals surface area contributed by atoms with Gasteiger partial charge in [0, 0.05) is 21.4 Å². The number of nitrogens with zero attached hydrogens (tertiary/aromatic N) is 1. The molecule has 0 aliphatic rings. The molecule has 2 nitrogen and oxygen atoms in total. The van der Waals surface area contributed by atoms with Gasteiger partial charge in [0.25, 0.3) is 0 Å². The lowest BCUT2D eigenvalue weighted by Crippen LogP contribution is -2.17. The van der Waals surface area contributed by atoms with Gasteiger partial charge < -0.3 is 4.74 Å². The van der Waals surface area contributed by atoms with Crippen LogP contribution in [0, 0.1) is 0 Å². The molecule has 16 heavy (non-hydrogen) atoms. The molecule has 2 aromatic rings. The van der Waals surface area contributed by atoms with E-state index in [-0.39, 0.29) is 5.75 Å². The lowest BCUT2D eigenvalue weighted by molar-refractivity contribution is -0.274. The fourth-order valence-electron chi connectivity index (χ4n) is 1.33. The molecule has 0 bridgehead atoms. The van der Waals surface area contributed by atoms with Crippen LogP contribution in [0.5, 0.6) is 5.75 Å². The van der Waals surface area contributed by atoms with E-state index in [0.717, 1.165) is 10.7 Å². The molecule has 0 atom stereocenters. The molecule has 0 unspecified atom stereocenters. The van der Waals surface area contributed by atoms with E-state index < -0.39 is 6.36 Å². The highest BCUT2D eigenvalue weighted by Gasteiger charge is 2.31. The molecule has 1 aromatic carbocycles. The Balaban J connectivity index is 2.54. The van der Waals surface area contributed by atoms with Gasteiger partial charge in [0.1, 0.15) is 0 Å². The van der Waals surface area contributed by atoms with Gasteiger partial charge in [-0.25, -0.2) is 0 Å². The third-order valence-electron chi connectivity index (χ3n) is 1.91. The van der Waals surface area contributed by atoms with Crippen molar-refractivity contribution in [1.29, 1.82) is 0 Å². The predicted octanol–water partition coefficient (Wildman–Crippen LogP) is 3.90. The molecule has 6 heteroatoms. The van der Waals surface area contributed by atoms with Gasteiger partial charge in [-0.05, 0) is 18.2 Å². The van der Waals surface area contributed by atoms with Gasteiger partial charge in [-0.15, -0.1) is 13.2 Å². The lowest BCUT2D eigenvalue weighted by Gasteiger charge is -2.10. The smallest absolute Gasteiger partial charge is 0.403 e. The Bertz CT molecular complexity index is 527. The number of benzene rings is 1. The van der Waals surface area contributed by atoms with E-state index in [1.165, 1.54) is 6.20 Å². The van der Waals surface area contributed by atoms with Gasteiger partial charge in [-0.2, -0.15) is 0 Å². The third kappa shape index (κ3) is 2.44. The molecule has 2 rings (SSSR count). The first-order valence-electron chi connectivity index (χ1n) is 4.25. The number of ether oxygens (including phenoxy) is 1. The normalized spacial score (nSPS) is 11.8. The van der Waals surface area contributed by atoms with Crippen LogP contribution in [0.1, 0.15) is 0 Å². The number of hydrogen-bond acceptors (Lipinski definition) is 2. The summed E-state index contributed by atoms with van der Waals surface area (Å²) in [6.07, 6.45) is -2.18. The Morgan fingerprint density at radius 3 is 2.62 bits per heavy atom. The van der Waals surface area contributed by atoms with Crippen LogP contribution >= 0.6 is 15.9 Å². The van der Waals surface area contributed by atoms with E-state index in [9.17, 15) is 13.2 Å². The molecular weight excluding hydrogens is 287 g/mol. The molecule has 0 aliphatic heterocycles. The van der Waals surface area contributed by atoms with Crippen LogP contribution in [0.2, 0.25) is 0 Å². The van der Waals surface area contributed by atoms with Crippen molar-refractivity contribution in [2.24, 2.45) is 0 Å². The molecule has 0 fully saturated rings. The average molecular weight is 292 g/mol. The van der Waals surface area contributed by atoms with Crippen LogP contribution in [0.15, 0.2) is 35.1 Å². The first-order valence-corrected chi connectivity index (χ1v) is 5.04. The maximum Gasteiger partial charge on any atom is 0.573 e. The molecule has 1 aromatic heterocycles. The maximum atomic E-state index is 12.1. The number of pyridine rings is 1. The monoisotopic (exact) mass is 291 g/mol. The van der Waals surface area contributed by atoms with Crippen molar-refractivity contribution in [1.82, 2.24) is 4.98 Å². The van der Waals surface area contributed by atoms with Crippen molar-refractivity contribution >= 4 is 26.7 Å². The van der Waals surface area contributed by atoms with E-state index in [1.807, 2.05) is 0 Å². The largest absolute Gasteiger partial charge is 0.573 e. The summed E-state index contributed by atoms with van der Waals surface area (Å²) >= 11 is 3.23. The summed E-state index contributed by atoms with van der Waals surface area (Å²) < 4.78 is 40.9. The minimum atomic E-state index is -4.71. The van der Waals surface area contributed by atoms with Crippen molar-refractivity contribution in [3.63, 3.8) is 0 Å². The number of fused-ring (bicyclic) bond motifs is 1. The topological polar surface area (TPSA) is 22.1 Å². The highest BCUT2D eigenvalue weighted by atomic mass is 79.9. The summed E-state index contributed by atoms with van der Waals surface area (Å²) in [5, 5.41) is 0.951. The van der Waals surface area contributed by atoms with Crippen molar-refractivity contribution < 1.29 is 17.9 Å². The molecular formula is C10H5BrF3NO. The van der Waals surface area contributed by atoms with Crippen LogP contribution in [0.3, 0.4) is 0 Å². The molecule has 1 heterocycles. The first kappa shape index (κ1) is 11.2. The Labute approximate surface area is 97.2 Å². The molecule has 0 saturated carbocycles. The molecule has 0 amide bonds. The zero-order chi connectivity index (χ0) is 11.8. The minimum absolute atomic E-state index is 0.294. The van der Waals surface area contributed by atoms with Gasteiger partial charge in [0.15, 0.2) is 5.75 Å². The Morgan fingerprint density at radius 1 is 1.19 bits per heavy atom. The predicted molar refractivity (Wildman–Crippen MR) is 56.1 cm³/mol. The van der Waals surface area contributed by atoms with E-state index in [2.05, 4.69) is 25.7 Å². The fourth-order valence-corrected chi connectivity index (χ4v) is 1.70. The summed E-state index contributed by atoms with van der Waals surface area (Å²) in [5.74, 6) is -0.294. The van der Waals surface area contributed by atoms with Crippen LogP contribution in [-0.4, -0.2) is 11.3 Å². The average Bonchev–Trinajstić information content (AvgIpc) is 2.15. The molecule has 0 spiro atoms. The third-order valence-corrected chi connectivity index (χ3v) is 2.40. The fraction of sp³-hybridized carbons (Fsp3) is 0.100. The highest BCUT2D eigenvalue weighted by Crippen LogP contribution is 2.30. The summed E-state index contributed by atoms with van der Waals surface area (Å²) in [7, 11) is 0. The van der Waals surface area contributed by atoms with Crippen LogP contribution in [0.25, 0.3) is 10.8 Å². The molecule has 0 saturated heterocycles. The van der Waals surface area contributed by atoms with E-state index in [0.29, 0.717) is 10.8 Å². The Hall–Kier alpha value is -1.30. The summed E-state index contributed by atoms with van der Waals surface area (Å²) in [6.45, 7) is 0. The lowest BCUT2D eigenvalue weighted by atomic mass is 10.2. The summed E-state index contributed by atoms with van der Waals surface area (Å²) in [6, 6.07) is 4.86. The number of aromatic nitrogens is 1. The Kier molecular flexibility index (Phi) is 2.75. The van der Waals surface area contributed by atoms with Crippen molar-refractivity contribution in [3.8, 4) is 5.75 Å². The van der Waals surface area contributed by atoms with Gasteiger partial charge in [0.2, 0.25) is 0 Å². The van der Waals surface area contributed by atoms with Gasteiger partial charge in [0.05, 0.1) is 6.20 Å². The molecule has 0 N–H and O–H groups in total. The number of hydrogen-bond donors (Lipinski definition) is 0. The second-order valence-corrected chi connectivity index (χ2v) is 3.97. The van der Waals surface area contributed by atoms with Gasteiger partial charge in [-0.3, -0.25) is 4.98 Å². The SMILES string of the molecule is FC(F)(F)Oc1cncc2cc(Br)ccc12. The molecule has 0 aliphatic carbocycles. The van der Waals surface area contributed by atoms with E-state index in [4.69, 9.17) is 0 Å². The van der Waals surface area contributed by atoms with E-state index in [1.54, 1.807) is 18.2 Å². The van der Waals surface area contributed by atoms with Gasteiger partial charge in [-0.1, -0.05) is 15.9 Å².